The van der Waals surface area contributed by atoms with Crippen LogP contribution in [0.1, 0.15) is 40.7 Å². The average Bonchev–Trinajstić information content (AvgIpc) is 3.36. The van der Waals surface area contributed by atoms with Crippen LogP contribution in [-0.2, 0) is 6.61 Å². The minimum Gasteiger partial charge on any atom is -0.477 e. The summed E-state index contributed by atoms with van der Waals surface area (Å²) in [5.41, 5.74) is 0.515. The highest BCUT2D eigenvalue weighted by Gasteiger charge is 2.24. The van der Waals surface area contributed by atoms with Gasteiger partial charge in [-0.25, -0.2) is 14.0 Å². The first kappa shape index (κ1) is 22.0. The number of aryl methyl sites for hydroxylation is 1. The number of hydrogen-bond donors (Lipinski definition) is 3. The lowest BCUT2D eigenvalue weighted by Crippen LogP contribution is -2.32. The molecule has 30 heavy (non-hydrogen) atoms. The van der Waals surface area contributed by atoms with Crippen molar-refractivity contribution in [2.75, 3.05) is 31.5 Å². The van der Waals surface area contributed by atoms with Crippen molar-refractivity contribution in [3.63, 3.8) is 0 Å². The van der Waals surface area contributed by atoms with Crippen LogP contribution in [-0.4, -0.2) is 52.6 Å². The molecule has 1 aliphatic rings. The van der Waals surface area contributed by atoms with Gasteiger partial charge in [-0.3, -0.25) is 5.32 Å². The Labute approximate surface area is 178 Å². The van der Waals surface area contributed by atoms with Gasteiger partial charge in [-0.15, -0.1) is 0 Å². The molecular weight excluding hydrogens is 411 g/mol. The Morgan fingerprint density at radius 1 is 1.33 bits per heavy atom. The summed E-state index contributed by atoms with van der Waals surface area (Å²) in [7, 11) is 0. The molecule has 0 unspecified atom stereocenters. The Morgan fingerprint density at radius 3 is 2.83 bits per heavy atom. The summed E-state index contributed by atoms with van der Waals surface area (Å²) in [4.78, 5) is 26.1. The van der Waals surface area contributed by atoms with E-state index in [1.165, 1.54) is 12.8 Å². The van der Waals surface area contributed by atoms with Crippen molar-refractivity contribution < 1.29 is 23.8 Å². The summed E-state index contributed by atoms with van der Waals surface area (Å²) in [6.45, 7) is 5.08. The van der Waals surface area contributed by atoms with E-state index in [9.17, 15) is 19.1 Å². The first-order valence-corrected chi connectivity index (χ1v) is 10.6. The van der Waals surface area contributed by atoms with Crippen molar-refractivity contribution in [2.45, 2.75) is 32.8 Å². The Bertz CT molecular complexity index is 899. The third-order valence-corrected chi connectivity index (χ3v) is 5.62. The van der Waals surface area contributed by atoms with Crippen molar-refractivity contribution in [1.29, 1.82) is 0 Å². The number of hydrogen-bond acceptors (Lipinski definition) is 6. The number of carboxylic acid groups (broad SMARTS) is 1. The molecule has 0 spiro atoms. The predicted molar refractivity (Wildman–Crippen MR) is 112 cm³/mol. The Balaban J connectivity index is 1.54. The van der Waals surface area contributed by atoms with Gasteiger partial charge in [-0.2, -0.15) is 4.37 Å². The Hall–Kier alpha value is -2.72. The smallest absolute Gasteiger partial charge is 0.344 e. The van der Waals surface area contributed by atoms with E-state index in [1.54, 1.807) is 25.1 Å². The minimum absolute atomic E-state index is 0.0688. The molecule has 0 aliphatic carbocycles. The number of rotatable bonds is 9. The van der Waals surface area contributed by atoms with Crippen molar-refractivity contribution in [3.8, 4) is 5.88 Å². The summed E-state index contributed by atoms with van der Waals surface area (Å²) in [6, 6.07) is 4.39. The minimum atomic E-state index is -1.28. The van der Waals surface area contributed by atoms with E-state index in [-0.39, 0.29) is 23.1 Å². The number of ether oxygens (including phenoxy) is 1. The SMILES string of the molecule is Cc1cccc(COc2nsc(NC(=O)NCCCN3CCCC3)c2C(=O)O)c1F. The average molecular weight is 437 g/mol. The lowest BCUT2D eigenvalue weighted by atomic mass is 10.1. The first-order valence-electron chi connectivity index (χ1n) is 9.82. The number of amides is 2. The molecule has 3 rings (SSSR count). The number of nitrogens with zero attached hydrogens (tertiary/aromatic N) is 2. The summed E-state index contributed by atoms with van der Waals surface area (Å²) < 4.78 is 23.5. The molecule has 2 aromatic rings. The normalized spacial score (nSPS) is 13.9. The Kier molecular flexibility index (Phi) is 7.58. The number of benzene rings is 1. The lowest BCUT2D eigenvalue weighted by molar-refractivity contribution is 0.0693. The number of aromatic nitrogens is 1. The number of carbonyl (C=O) groups excluding carboxylic acids is 1. The van der Waals surface area contributed by atoms with Gasteiger partial charge in [-0.1, -0.05) is 18.2 Å². The number of carboxylic acids is 1. The number of urea groups is 1. The predicted octanol–water partition coefficient (Wildman–Crippen LogP) is 3.48. The van der Waals surface area contributed by atoms with Gasteiger partial charge in [0.15, 0.2) is 5.56 Å². The molecule has 1 aromatic carbocycles. The van der Waals surface area contributed by atoms with Gasteiger partial charge in [0, 0.05) is 12.1 Å². The van der Waals surface area contributed by atoms with Crippen LogP contribution in [0.15, 0.2) is 18.2 Å². The van der Waals surface area contributed by atoms with E-state index in [4.69, 9.17) is 4.74 Å². The van der Waals surface area contributed by atoms with Gasteiger partial charge in [0.2, 0.25) is 5.88 Å². The van der Waals surface area contributed by atoms with E-state index in [0.29, 0.717) is 17.7 Å². The highest BCUT2D eigenvalue weighted by Crippen LogP contribution is 2.31. The van der Waals surface area contributed by atoms with Crippen molar-refractivity contribution in [1.82, 2.24) is 14.6 Å². The maximum Gasteiger partial charge on any atom is 0.344 e. The summed E-state index contributed by atoms with van der Waals surface area (Å²) in [5, 5.41) is 14.8. The van der Waals surface area contributed by atoms with Crippen molar-refractivity contribution in [2.24, 2.45) is 0 Å². The van der Waals surface area contributed by atoms with Crippen LogP contribution in [0.25, 0.3) is 0 Å². The highest BCUT2D eigenvalue weighted by atomic mass is 32.1. The number of halogens is 1. The molecule has 1 aromatic heterocycles. The zero-order valence-electron chi connectivity index (χ0n) is 16.7. The molecular formula is C20H25FN4O4S. The van der Waals surface area contributed by atoms with Gasteiger partial charge in [0.05, 0.1) is 0 Å². The topological polar surface area (TPSA) is 104 Å². The number of aromatic carboxylic acids is 1. The molecule has 8 nitrogen and oxygen atoms in total. The Morgan fingerprint density at radius 2 is 2.10 bits per heavy atom. The second-order valence-corrected chi connectivity index (χ2v) is 7.89. The largest absolute Gasteiger partial charge is 0.477 e. The monoisotopic (exact) mass is 436 g/mol. The second-order valence-electron chi connectivity index (χ2n) is 7.12. The first-order chi connectivity index (χ1) is 14.5. The number of anilines is 1. The van der Waals surface area contributed by atoms with Crippen LogP contribution in [0.5, 0.6) is 5.88 Å². The standard InChI is InChI=1S/C20H25FN4O4S/c1-13-6-4-7-14(16(13)21)12-29-17-15(19(26)27)18(30-24-17)23-20(28)22-8-5-11-25-9-2-3-10-25/h4,6-7H,2-3,5,8-12H2,1H3,(H,26,27)(H2,22,23,28). The molecule has 10 heteroatoms. The highest BCUT2D eigenvalue weighted by molar-refractivity contribution is 7.11. The van der Waals surface area contributed by atoms with E-state index in [2.05, 4.69) is 19.9 Å². The molecule has 162 valence electrons. The third-order valence-electron chi connectivity index (χ3n) is 4.87. The van der Waals surface area contributed by atoms with E-state index in [0.717, 1.165) is 37.6 Å². The number of likely N-dealkylation sites (tertiary alicyclic amines) is 1. The molecule has 1 aliphatic heterocycles. The van der Waals surface area contributed by atoms with Gasteiger partial charge >= 0.3 is 12.0 Å². The van der Waals surface area contributed by atoms with E-state index in [1.807, 2.05) is 0 Å². The van der Waals surface area contributed by atoms with E-state index < -0.39 is 17.8 Å². The maximum atomic E-state index is 14.1. The van der Waals surface area contributed by atoms with Gasteiger partial charge in [-0.05, 0) is 62.9 Å². The molecule has 2 amide bonds. The molecule has 0 radical (unpaired) electrons. The summed E-state index contributed by atoms with van der Waals surface area (Å²) in [5.74, 6) is -1.85. The molecule has 3 N–H and O–H groups in total. The van der Waals surface area contributed by atoms with Crippen LogP contribution in [0.4, 0.5) is 14.2 Å². The van der Waals surface area contributed by atoms with Gasteiger partial charge in [0.25, 0.3) is 0 Å². The van der Waals surface area contributed by atoms with Crippen molar-refractivity contribution in [3.05, 3.63) is 40.7 Å². The van der Waals surface area contributed by atoms with Crippen molar-refractivity contribution >= 4 is 28.5 Å². The van der Waals surface area contributed by atoms with E-state index >= 15 is 0 Å². The molecule has 2 heterocycles. The van der Waals surface area contributed by atoms with Crippen LogP contribution in [0, 0.1) is 12.7 Å². The van der Waals surface area contributed by atoms with Crippen LogP contribution in [0.2, 0.25) is 0 Å². The van der Waals surface area contributed by atoms with Gasteiger partial charge in [0.1, 0.15) is 17.4 Å². The summed E-state index contributed by atoms with van der Waals surface area (Å²) in [6.07, 6.45) is 3.26. The van der Waals surface area contributed by atoms with Crippen LogP contribution >= 0.6 is 11.5 Å². The van der Waals surface area contributed by atoms with Crippen LogP contribution in [0.3, 0.4) is 0 Å². The molecule has 0 atom stereocenters. The number of carbonyl (C=O) groups is 2. The zero-order valence-corrected chi connectivity index (χ0v) is 17.6. The number of nitrogens with one attached hydrogen (secondary N) is 2. The summed E-state index contributed by atoms with van der Waals surface area (Å²) >= 11 is 0.805. The fourth-order valence-electron chi connectivity index (χ4n) is 3.27. The lowest BCUT2D eigenvalue weighted by Gasteiger charge is -2.14. The fourth-order valence-corrected chi connectivity index (χ4v) is 3.99. The molecule has 0 saturated carbocycles. The fraction of sp³-hybridized carbons (Fsp3) is 0.450. The maximum absolute atomic E-state index is 14.1. The molecule has 0 bridgehead atoms. The quantitative estimate of drug-likeness (QED) is 0.520. The molecule has 1 fully saturated rings. The third kappa shape index (κ3) is 5.67. The van der Waals surface area contributed by atoms with Crippen LogP contribution < -0.4 is 15.4 Å². The van der Waals surface area contributed by atoms with Gasteiger partial charge < -0.3 is 20.1 Å². The second kappa shape index (κ2) is 10.4. The molecule has 1 saturated heterocycles. The zero-order chi connectivity index (χ0) is 21.5.